The van der Waals surface area contributed by atoms with Gasteiger partial charge < -0.3 is 10.2 Å². The quantitative estimate of drug-likeness (QED) is 0.549. The smallest absolute Gasteiger partial charge is 0.255 e. The van der Waals surface area contributed by atoms with E-state index in [1.165, 1.54) is 37.8 Å². The van der Waals surface area contributed by atoms with Crippen molar-refractivity contribution in [3.05, 3.63) is 65.7 Å². The van der Waals surface area contributed by atoms with E-state index in [4.69, 9.17) is 0 Å². The van der Waals surface area contributed by atoms with Crippen LogP contribution in [0.5, 0.6) is 0 Å². The summed E-state index contributed by atoms with van der Waals surface area (Å²) in [6.45, 7) is 10.6. The van der Waals surface area contributed by atoms with Gasteiger partial charge in [-0.15, -0.1) is 0 Å². The van der Waals surface area contributed by atoms with Crippen LogP contribution in [0.4, 0.5) is 5.69 Å². The van der Waals surface area contributed by atoms with Crippen molar-refractivity contribution in [1.29, 1.82) is 0 Å². The topological polar surface area (TPSA) is 32.3 Å². The average molecular weight is 393 g/mol. The molecule has 1 aliphatic rings. The van der Waals surface area contributed by atoms with Gasteiger partial charge in [-0.05, 0) is 67.1 Å². The van der Waals surface area contributed by atoms with Gasteiger partial charge in [0.25, 0.3) is 5.91 Å². The highest BCUT2D eigenvalue weighted by Crippen LogP contribution is 2.40. The molecule has 1 N–H and O–H groups in total. The molecule has 0 aliphatic carbocycles. The molecule has 156 valence electrons. The molecule has 3 nitrogen and oxygen atoms in total. The monoisotopic (exact) mass is 392 g/mol. The van der Waals surface area contributed by atoms with E-state index in [1.54, 1.807) is 0 Å². The molecular formula is C26H36N2O. The van der Waals surface area contributed by atoms with Gasteiger partial charge in [-0.3, -0.25) is 4.79 Å². The third-order valence-corrected chi connectivity index (χ3v) is 6.71. The molecule has 1 saturated heterocycles. The number of carbonyl (C=O) groups is 1. The van der Waals surface area contributed by atoms with Crippen LogP contribution < -0.4 is 5.32 Å². The van der Waals surface area contributed by atoms with E-state index in [0.29, 0.717) is 11.5 Å². The van der Waals surface area contributed by atoms with Crippen molar-refractivity contribution >= 4 is 11.6 Å². The lowest BCUT2D eigenvalue weighted by Crippen LogP contribution is -2.47. The summed E-state index contributed by atoms with van der Waals surface area (Å²) < 4.78 is 0. The Morgan fingerprint density at radius 3 is 2.62 bits per heavy atom. The van der Waals surface area contributed by atoms with Crippen molar-refractivity contribution in [2.45, 2.75) is 58.3 Å². The van der Waals surface area contributed by atoms with Crippen molar-refractivity contribution in [2.24, 2.45) is 5.92 Å². The maximum Gasteiger partial charge on any atom is 0.255 e. The van der Waals surface area contributed by atoms with E-state index >= 15 is 0 Å². The van der Waals surface area contributed by atoms with Crippen LogP contribution in [0, 0.1) is 5.92 Å². The van der Waals surface area contributed by atoms with Gasteiger partial charge >= 0.3 is 0 Å². The molecule has 2 unspecified atom stereocenters. The van der Waals surface area contributed by atoms with Crippen LogP contribution in [0.25, 0.3) is 0 Å². The Kier molecular flexibility index (Phi) is 7.49. The number of rotatable bonds is 8. The van der Waals surface area contributed by atoms with Crippen LogP contribution in [0.15, 0.2) is 54.6 Å². The molecule has 1 aliphatic heterocycles. The lowest BCUT2D eigenvalue weighted by molar-refractivity contribution is 0.102. The number of carbonyl (C=O) groups excluding carboxylic acids is 1. The summed E-state index contributed by atoms with van der Waals surface area (Å²) in [5.74, 6) is 0.533. The number of piperidine rings is 1. The average Bonchev–Trinajstić information content (AvgIpc) is 2.74. The maximum atomic E-state index is 12.5. The molecule has 0 aromatic heterocycles. The number of hydrogen-bond donors (Lipinski definition) is 1. The summed E-state index contributed by atoms with van der Waals surface area (Å²) in [7, 11) is 0. The minimum absolute atomic E-state index is 0.0529. The van der Waals surface area contributed by atoms with E-state index in [1.807, 2.05) is 36.4 Å². The normalized spacial score (nSPS) is 22.4. The molecule has 2 atom stereocenters. The fourth-order valence-electron chi connectivity index (χ4n) is 4.46. The zero-order valence-corrected chi connectivity index (χ0v) is 18.3. The van der Waals surface area contributed by atoms with Crippen molar-refractivity contribution < 1.29 is 4.79 Å². The van der Waals surface area contributed by atoms with Crippen LogP contribution in [0.2, 0.25) is 0 Å². The maximum absolute atomic E-state index is 12.5. The molecule has 0 radical (unpaired) electrons. The lowest BCUT2D eigenvalue weighted by atomic mass is 9.68. The first-order valence-electron chi connectivity index (χ1n) is 11.2. The number of hydrogen-bond acceptors (Lipinski definition) is 2. The van der Waals surface area contributed by atoms with Gasteiger partial charge in [-0.25, -0.2) is 0 Å². The summed E-state index contributed by atoms with van der Waals surface area (Å²) in [6.07, 6.45) is 6.48. The van der Waals surface area contributed by atoms with Crippen LogP contribution in [-0.4, -0.2) is 30.4 Å². The molecule has 3 rings (SSSR count). The van der Waals surface area contributed by atoms with Crippen molar-refractivity contribution in [1.82, 2.24) is 4.90 Å². The van der Waals surface area contributed by atoms with Gasteiger partial charge in [0.15, 0.2) is 0 Å². The standard InChI is InChI=1S/C26H36N2O/c1-4-5-6-10-17-28-18-16-26(3,21(2)20-28)23-14-11-15-24(19-23)27-25(29)22-12-8-7-9-13-22/h7-9,11-15,19,21H,4-6,10,16-18,20H2,1-3H3,(H,27,29). The number of amides is 1. The van der Waals surface area contributed by atoms with Crippen LogP contribution >= 0.6 is 0 Å². The summed E-state index contributed by atoms with van der Waals surface area (Å²) >= 11 is 0. The minimum Gasteiger partial charge on any atom is -0.322 e. The van der Waals surface area contributed by atoms with Crippen LogP contribution in [0.1, 0.15) is 68.8 Å². The van der Waals surface area contributed by atoms with Crippen LogP contribution in [-0.2, 0) is 5.41 Å². The van der Waals surface area contributed by atoms with Gasteiger partial charge in [-0.2, -0.15) is 0 Å². The minimum atomic E-state index is -0.0529. The molecule has 2 aromatic carbocycles. The highest BCUT2D eigenvalue weighted by atomic mass is 16.1. The van der Waals surface area contributed by atoms with E-state index < -0.39 is 0 Å². The summed E-state index contributed by atoms with van der Waals surface area (Å²) in [6, 6.07) is 17.9. The molecule has 1 fully saturated rings. The second-order valence-electron chi connectivity index (χ2n) is 8.83. The number of unbranched alkanes of at least 4 members (excludes halogenated alkanes) is 3. The van der Waals surface area contributed by atoms with Gasteiger partial charge in [0.05, 0.1) is 0 Å². The van der Waals surface area contributed by atoms with E-state index in [-0.39, 0.29) is 11.3 Å². The van der Waals surface area contributed by atoms with Gasteiger partial charge in [-0.1, -0.05) is 70.4 Å². The predicted octanol–water partition coefficient (Wildman–Crippen LogP) is 6.12. The zero-order valence-electron chi connectivity index (χ0n) is 18.3. The van der Waals surface area contributed by atoms with Gasteiger partial charge in [0, 0.05) is 17.8 Å². The molecule has 2 aromatic rings. The molecule has 0 saturated carbocycles. The van der Waals surface area contributed by atoms with Crippen molar-refractivity contribution in [3.63, 3.8) is 0 Å². The molecule has 3 heteroatoms. The Bertz CT molecular complexity index is 788. The van der Waals surface area contributed by atoms with Gasteiger partial charge in [0.1, 0.15) is 0 Å². The first kappa shape index (κ1) is 21.6. The molecule has 1 amide bonds. The third-order valence-electron chi connectivity index (χ3n) is 6.71. The Morgan fingerprint density at radius 1 is 1.10 bits per heavy atom. The number of likely N-dealkylation sites (tertiary alicyclic amines) is 1. The Labute approximate surface area is 176 Å². The Balaban J connectivity index is 1.64. The van der Waals surface area contributed by atoms with E-state index in [2.05, 4.69) is 49.2 Å². The number of benzene rings is 2. The highest BCUT2D eigenvalue weighted by Gasteiger charge is 2.37. The first-order valence-corrected chi connectivity index (χ1v) is 11.2. The van der Waals surface area contributed by atoms with Crippen molar-refractivity contribution in [2.75, 3.05) is 25.0 Å². The second kappa shape index (κ2) is 10.1. The zero-order chi connectivity index (χ0) is 20.7. The lowest BCUT2D eigenvalue weighted by Gasteiger charge is -2.45. The number of nitrogens with one attached hydrogen (secondary N) is 1. The highest BCUT2D eigenvalue weighted by molar-refractivity contribution is 6.04. The SMILES string of the molecule is CCCCCCN1CCC(C)(c2cccc(NC(=O)c3ccccc3)c2)C(C)C1. The third kappa shape index (κ3) is 5.48. The number of anilines is 1. The largest absolute Gasteiger partial charge is 0.322 e. The van der Waals surface area contributed by atoms with Gasteiger partial charge in [0.2, 0.25) is 0 Å². The fourth-order valence-corrected chi connectivity index (χ4v) is 4.46. The molecule has 0 spiro atoms. The number of nitrogens with zero attached hydrogens (tertiary/aromatic N) is 1. The molecule has 0 bridgehead atoms. The molecular weight excluding hydrogens is 356 g/mol. The van der Waals surface area contributed by atoms with E-state index in [0.717, 1.165) is 25.2 Å². The fraction of sp³-hybridized carbons (Fsp3) is 0.500. The molecule has 1 heterocycles. The summed E-state index contributed by atoms with van der Waals surface area (Å²) in [5.41, 5.74) is 3.05. The summed E-state index contributed by atoms with van der Waals surface area (Å²) in [5, 5.41) is 3.07. The van der Waals surface area contributed by atoms with E-state index in [9.17, 15) is 4.79 Å². The Morgan fingerprint density at radius 2 is 1.90 bits per heavy atom. The molecule has 29 heavy (non-hydrogen) atoms. The Hall–Kier alpha value is -2.13. The summed E-state index contributed by atoms with van der Waals surface area (Å²) in [4.78, 5) is 15.2. The first-order chi connectivity index (χ1) is 14.0. The van der Waals surface area contributed by atoms with Crippen LogP contribution in [0.3, 0.4) is 0 Å². The second-order valence-corrected chi connectivity index (χ2v) is 8.83. The van der Waals surface area contributed by atoms with Crippen molar-refractivity contribution in [3.8, 4) is 0 Å². The predicted molar refractivity (Wildman–Crippen MR) is 123 cm³/mol.